The number of anilines is 1. The van der Waals surface area contributed by atoms with Gasteiger partial charge in [0.1, 0.15) is 5.82 Å². The Morgan fingerprint density at radius 2 is 2.12 bits per heavy atom. The van der Waals surface area contributed by atoms with E-state index in [1.54, 1.807) is 0 Å². The van der Waals surface area contributed by atoms with Gasteiger partial charge in [-0.1, -0.05) is 11.8 Å². The van der Waals surface area contributed by atoms with Crippen molar-refractivity contribution >= 4 is 23.4 Å². The van der Waals surface area contributed by atoms with Crippen LogP contribution >= 0.6 is 11.8 Å². The number of carbonyl (C=O) groups is 1. The lowest BCUT2D eigenvalue weighted by molar-refractivity contribution is -0.113. The molecule has 0 atom stereocenters. The molecular weight excluding hydrogens is 355 g/mol. The van der Waals surface area contributed by atoms with Crippen LogP contribution in [0.3, 0.4) is 0 Å². The van der Waals surface area contributed by atoms with Gasteiger partial charge < -0.3 is 10.3 Å². The highest BCUT2D eigenvalue weighted by Crippen LogP contribution is 2.19. The van der Waals surface area contributed by atoms with Crippen molar-refractivity contribution in [3.8, 4) is 0 Å². The molecule has 1 aliphatic rings. The van der Waals surface area contributed by atoms with E-state index in [1.165, 1.54) is 36.0 Å². The van der Waals surface area contributed by atoms with Gasteiger partial charge in [-0.15, -0.1) is 0 Å². The number of hydrogen-bond donors (Lipinski definition) is 2. The van der Waals surface area contributed by atoms with Gasteiger partial charge in [0.05, 0.1) is 17.0 Å². The summed E-state index contributed by atoms with van der Waals surface area (Å²) in [4.78, 5) is 33.9. The Morgan fingerprint density at radius 1 is 1.38 bits per heavy atom. The number of halogens is 1. The molecule has 2 N–H and O–H groups in total. The van der Waals surface area contributed by atoms with Gasteiger partial charge in [-0.2, -0.15) is 0 Å². The topological polar surface area (TPSA) is 78.1 Å². The number of rotatable bonds is 5. The van der Waals surface area contributed by atoms with Crippen molar-refractivity contribution in [3.63, 3.8) is 0 Å². The predicted octanol–water partition coefficient (Wildman–Crippen LogP) is 2.41. The first kappa shape index (κ1) is 18.6. The van der Waals surface area contributed by atoms with Gasteiger partial charge in [0, 0.05) is 31.2 Å². The molecule has 0 spiro atoms. The van der Waals surface area contributed by atoms with Crippen LogP contribution in [0.2, 0.25) is 0 Å². The van der Waals surface area contributed by atoms with Crippen molar-refractivity contribution in [2.75, 3.05) is 17.6 Å². The van der Waals surface area contributed by atoms with E-state index in [0.717, 1.165) is 18.7 Å². The van der Waals surface area contributed by atoms with E-state index in [0.29, 0.717) is 29.0 Å². The highest BCUT2D eigenvalue weighted by atomic mass is 32.2. The van der Waals surface area contributed by atoms with Crippen LogP contribution in [-0.2, 0) is 17.8 Å². The van der Waals surface area contributed by atoms with Gasteiger partial charge in [0.2, 0.25) is 5.91 Å². The first-order chi connectivity index (χ1) is 12.4. The average molecular weight is 376 g/mol. The Labute approximate surface area is 155 Å². The Kier molecular flexibility index (Phi) is 5.73. The summed E-state index contributed by atoms with van der Waals surface area (Å²) in [5, 5.41) is 3.13. The molecule has 6 nitrogen and oxygen atoms in total. The van der Waals surface area contributed by atoms with Crippen LogP contribution in [0.5, 0.6) is 0 Å². The number of amides is 1. The van der Waals surface area contributed by atoms with E-state index >= 15 is 0 Å². The number of hydrogen-bond acceptors (Lipinski definition) is 5. The molecule has 138 valence electrons. The first-order valence-corrected chi connectivity index (χ1v) is 9.45. The summed E-state index contributed by atoms with van der Waals surface area (Å²) in [6.07, 6.45) is 0.729. The molecular formula is C18H21FN4O2S. The minimum atomic E-state index is -0.357. The molecule has 3 rings (SSSR count). The summed E-state index contributed by atoms with van der Waals surface area (Å²) >= 11 is 1.18. The summed E-state index contributed by atoms with van der Waals surface area (Å²) in [7, 11) is 0. The highest BCUT2D eigenvalue weighted by molar-refractivity contribution is 7.99. The second kappa shape index (κ2) is 8.01. The predicted molar refractivity (Wildman–Crippen MR) is 99.9 cm³/mol. The normalized spacial score (nSPS) is 14.3. The van der Waals surface area contributed by atoms with E-state index < -0.39 is 0 Å². The standard InChI is InChI=1S/C18H21FN4O2S/c1-11(2)23-8-7-15-14(9-23)17(25)22-18(21-15)26-10-16(24)20-13-5-3-12(19)4-6-13/h3-6,11H,7-10H2,1-2H3,(H,20,24)(H,21,22,25). The molecule has 0 saturated heterocycles. The van der Waals surface area contributed by atoms with Crippen LogP contribution in [0.15, 0.2) is 34.2 Å². The quantitative estimate of drug-likeness (QED) is 0.619. The molecule has 2 heterocycles. The third kappa shape index (κ3) is 4.50. The molecule has 0 unspecified atom stereocenters. The molecule has 1 amide bonds. The van der Waals surface area contributed by atoms with E-state index in [2.05, 4.69) is 34.0 Å². The average Bonchev–Trinajstić information content (AvgIpc) is 2.61. The van der Waals surface area contributed by atoms with Crippen LogP contribution < -0.4 is 10.9 Å². The lowest BCUT2D eigenvalue weighted by Crippen LogP contribution is -2.39. The number of nitrogens with zero attached hydrogens (tertiary/aromatic N) is 2. The zero-order valence-electron chi connectivity index (χ0n) is 14.7. The third-order valence-corrected chi connectivity index (χ3v) is 5.15. The third-order valence-electron chi connectivity index (χ3n) is 4.27. The number of thioether (sulfide) groups is 1. The van der Waals surface area contributed by atoms with Gasteiger partial charge in [0.25, 0.3) is 5.56 Å². The number of H-pyrrole nitrogens is 1. The molecule has 1 aromatic heterocycles. The highest BCUT2D eigenvalue weighted by Gasteiger charge is 2.22. The maximum atomic E-state index is 12.9. The lowest BCUT2D eigenvalue weighted by Gasteiger charge is -2.30. The molecule has 0 radical (unpaired) electrons. The molecule has 1 aliphatic heterocycles. The van der Waals surface area contributed by atoms with E-state index in [1.807, 2.05) is 0 Å². The van der Waals surface area contributed by atoms with Crippen molar-refractivity contribution in [3.05, 3.63) is 51.7 Å². The summed E-state index contributed by atoms with van der Waals surface area (Å²) in [6, 6.07) is 5.94. The number of aromatic amines is 1. The number of aromatic nitrogens is 2. The zero-order chi connectivity index (χ0) is 18.7. The maximum Gasteiger partial charge on any atom is 0.256 e. The number of carbonyl (C=O) groups excluding carboxylic acids is 1. The maximum absolute atomic E-state index is 12.9. The van der Waals surface area contributed by atoms with Crippen molar-refractivity contribution in [1.82, 2.24) is 14.9 Å². The fraction of sp³-hybridized carbons (Fsp3) is 0.389. The zero-order valence-corrected chi connectivity index (χ0v) is 15.5. The monoisotopic (exact) mass is 376 g/mol. The Balaban J connectivity index is 1.62. The van der Waals surface area contributed by atoms with Gasteiger partial charge >= 0.3 is 0 Å². The van der Waals surface area contributed by atoms with Crippen LogP contribution in [0.25, 0.3) is 0 Å². The fourth-order valence-corrected chi connectivity index (χ4v) is 3.48. The fourth-order valence-electron chi connectivity index (χ4n) is 2.80. The largest absolute Gasteiger partial charge is 0.325 e. The molecule has 1 aromatic carbocycles. The van der Waals surface area contributed by atoms with Gasteiger partial charge in [-0.3, -0.25) is 14.5 Å². The molecule has 26 heavy (non-hydrogen) atoms. The SMILES string of the molecule is CC(C)N1CCc2nc(SCC(=O)Nc3ccc(F)cc3)[nH]c(=O)c2C1. The minimum Gasteiger partial charge on any atom is -0.325 e. The summed E-state index contributed by atoms with van der Waals surface area (Å²) < 4.78 is 12.9. The summed E-state index contributed by atoms with van der Waals surface area (Å²) in [6.45, 7) is 5.69. The van der Waals surface area contributed by atoms with Crippen molar-refractivity contribution in [1.29, 1.82) is 0 Å². The van der Waals surface area contributed by atoms with Gasteiger partial charge in [-0.05, 0) is 38.1 Å². The summed E-state index contributed by atoms with van der Waals surface area (Å²) in [5.74, 6) is -0.491. The second-order valence-corrected chi connectivity index (χ2v) is 7.42. The number of fused-ring (bicyclic) bond motifs is 1. The van der Waals surface area contributed by atoms with E-state index in [-0.39, 0.29) is 23.0 Å². The smallest absolute Gasteiger partial charge is 0.256 e. The molecule has 0 fully saturated rings. The lowest BCUT2D eigenvalue weighted by atomic mass is 10.1. The van der Waals surface area contributed by atoms with Gasteiger partial charge in [-0.25, -0.2) is 9.37 Å². The van der Waals surface area contributed by atoms with Crippen molar-refractivity contribution < 1.29 is 9.18 Å². The molecule has 2 aromatic rings. The van der Waals surface area contributed by atoms with E-state index in [4.69, 9.17) is 0 Å². The first-order valence-electron chi connectivity index (χ1n) is 8.46. The molecule has 8 heteroatoms. The molecule has 0 bridgehead atoms. The Bertz CT molecular complexity index is 851. The minimum absolute atomic E-state index is 0.108. The molecule has 0 aliphatic carbocycles. The van der Waals surface area contributed by atoms with Crippen LogP contribution in [0.1, 0.15) is 25.1 Å². The van der Waals surface area contributed by atoms with Crippen LogP contribution in [-0.4, -0.2) is 39.1 Å². The van der Waals surface area contributed by atoms with Gasteiger partial charge in [0.15, 0.2) is 5.16 Å². The summed E-state index contributed by atoms with van der Waals surface area (Å²) in [5.41, 5.74) is 1.91. The van der Waals surface area contributed by atoms with Crippen molar-refractivity contribution in [2.45, 2.75) is 38.0 Å². The molecule has 0 saturated carbocycles. The Morgan fingerprint density at radius 3 is 2.81 bits per heavy atom. The van der Waals surface area contributed by atoms with Crippen LogP contribution in [0.4, 0.5) is 10.1 Å². The van der Waals surface area contributed by atoms with Crippen LogP contribution in [0, 0.1) is 5.82 Å². The Hall–Kier alpha value is -2.19. The number of benzene rings is 1. The number of nitrogens with one attached hydrogen (secondary N) is 2. The van der Waals surface area contributed by atoms with Crippen molar-refractivity contribution in [2.24, 2.45) is 0 Å². The van der Waals surface area contributed by atoms with E-state index in [9.17, 15) is 14.0 Å². The second-order valence-electron chi connectivity index (χ2n) is 6.45.